The number of aromatic nitrogens is 3. The fourth-order valence-electron chi connectivity index (χ4n) is 2.53. The summed E-state index contributed by atoms with van der Waals surface area (Å²) >= 11 is 0. The van der Waals surface area contributed by atoms with Gasteiger partial charge < -0.3 is 9.72 Å². The number of hydrogen-bond donors (Lipinski definition) is 1. The van der Waals surface area contributed by atoms with Crippen molar-refractivity contribution in [1.29, 1.82) is 0 Å². The molecular weight excluding hydrogens is 226 g/mol. The topological polar surface area (TPSA) is 50.8 Å². The molecule has 1 atom stereocenters. The Morgan fingerprint density at radius 3 is 3.17 bits per heavy atom. The number of ether oxygens (including phenoxy) is 1. The fraction of sp³-hybridized carbons (Fsp3) is 0.571. The Kier molecular flexibility index (Phi) is 3.28. The molecule has 1 saturated heterocycles. The van der Waals surface area contributed by atoms with E-state index in [9.17, 15) is 0 Å². The molecule has 1 aliphatic heterocycles. The Morgan fingerprint density at radius 2 is 2.39 bits per heavy atom. The Morgan fingerprint density at radius 1 is 1.44 bits per heavy atom. The lowest BCUT2D eigenvalue weighted by molar-refractivity contribution is 0.0112. The smallest absolute Gasteiger partial charge is 0.177 e. The molecule has 1 aliphatic rings. The summed E-state index contributed by atoms with van der Waals surface area (Å²) in [5, 5.41) is 0. The number of H-pyrrole nitrogens is 1. The fourth-order valence-corrected chi connectivity index (χ4v) is 2.53. The van der Waals surface area contributed by atoms with Gasteiger partial charge in [-0.3, -0.25) is 0 Å². The highest BCUT2D eigenvalue weighted by molar-refractivity contribution is 5.74. The maximum absolute atomic E-state index is 5.74. The van der Waals surface area contributed by atoms with Crippen molar-refractivity contribution in [2.24, 2.45) is 0 Å². The first-order chi connectivity index (χ1) is 8.83. The van der Waals surface area contributed by atoms with Crippen LogP contribution < -0.4 is 0 Å². The number of nitrogens with one attached hydrogen (secondary N) is 1. The van der Waals surface area contributed by atoms with Crippen LogP contribution in [-0.4, -0.2) is 27.7 Å². The lowest BCUT2D eigenvalue weighted by Gasteiger charge is -2.21. The Bertz CT molecular complexity index is 529. The molecule has 3 heterocycles. The van der Waals surface area contributed by atoms with Gasteiger partial charge in [-0.25, -0.2) is 9.97 Å². The molecule has 18 heavy (non-hydrogen) atoms. The van der Waals surface area contributed by atoms with Gasteiger partial charge in [0.05, 0.1) is 11.6 Å². The third kappa shape index (κ3) is 2.38. The van der Waals surface area contributed by atoms with Gasteiger partial charge in [-0.05, 0) is 44.2 Å². The molecule has 0 aliphatic carbocycles. The van der Waals surface area contributed by atoms with Crippen LogP contribution in [0, 0.1) is 6.92 Å². The molecule has 4 heteroatoms. The van der Waals surface area contributed by atoms with Crippen molar-refractivity contribution in [3.8, 4) is 0 Å². The molecule has 1 unspecified atom stereocenters. The number of aromatic amines is 1. The van der Waals surface area contributed by atoms with Crippen molar-refractivity contribution >= 4 is 11.2 Å². The third-order valence-electron chi connectivity index (χ3n) is 3.63. The van der Waals surface area contributed by atoms with Crippen molar-refractivity contribution in [3.63, 3.8) is 0 Å². The lowest BCUT2D eigenvalue weighted by Crippen LogP contribution is -2.19. The van der Waals surface area contributed by atoms with E-state index in [1.807, 2.05) is 12.3 Å². The minimum absolute atomic E-state index is 0.418. The molecule has 0 spiro atoms. The second kappa shape index (κ2) is 5.06. The van der Waals surface area contributed by atoms with Gasteiger partial charge in [0.2, 0.25) is 0 Å². The van der Waals surface area contributed by atoms with Crippen LogP contribution in [0.2, 0.25) is 0 Å². The molecule has 0 saturated carbocycles. The number of pyridine rings is 1. The van der Waals surface area contributed by atoms with Crippen molar-refractivity contribution < 1.29 is 4.74 Å². The van der Waals surface area contributed by atoms with E-state index in [4.69, 9.17) is 4.74 Å². The zero-order valence-corrected chi connectivity index (χ0v) is 10.8. The number of aryl methyl sites for hydroxylation is 2. The van der Waals surface area contributed by atoms with Crippen LogP contribution >= 0.6 is 0 Å². The molecule has 3 rings (SSSR count). The monoisotopic (exact) mass is 245 g/mol. The lowest BCUT2D eigenvalue weighted by atomic mass is 10.0. The van der Waals surface area contributed by atoms with Crippen molar-refractivity contribution in [2.75, 3.05) is 6.61 Å². The minimum Gasteiger partial charge on any atom is -0.378 e. The van der Waals surface area contributed by atoms with Crippen LogP contribution in [0.25, 0.3) is 11.2 Å². The largest absolute Gasteiger partial charge is 0.378 e. The Balaban J connectivity index is 1.69. The summed E-state index contributed by atoms with van der Waals surface area (Å²) in [6, 6.07) is 2.01. The van der Waals surface area contributed by atoms with Crippen molar-refractivity contribution in [3.05, 3.63) is 23.7 Å². The van der Waals surface area contributed by atoms with E-state index in [0.717, 1.165) is 36.4 Å². The van der Waals surface area contributed by atoms with E-state index in [1.54, 1.807) is 0 Å². The second-order valence-electron chi connectivity index (χ2n) is 5.04. The van der Waals surface area contributed by atoms with Gasteiger partial charge >= 0.3 is 0 Å². The zero-order chi connectivity index (χ0) is 12.4. The van der Waals surface area contributed by atoms with Crippen molar-refractivity contribution in [1.82, 2.24) is 15.0 Å². The predicted octanol–water partition coefficient (Wildman–Crippen LogP) is 2.77. The molecule has 2 aromatic rings. The number of imidazole rings is 1. The SMILES string of the molecule is Cc1ccnc2nc(CCC3CCCCO3)[nH]c12. The first-order valence-electron chi connectivity index (χ1n) is 6.75. The quantitative estimate of drug-likeness (QED) is 0.904. The van der Waals surface area contributed by atoms with E-state index < -0.39 is 0 Å². The molecule has 0 bridgehead atoms. The Hall–Kier alpha value is -1.42. The molecule has 2 aromatic heterocycles. The van der Waals surface area contributed by atoms with Crippen LogP contribution in [0.5, 0.6) is 0 Å². The van der Waals surface area contributed by atoms with E-state index in [0.29, 0.717) is 6.10 Å². The van der Waals surface area contributed by atoms with Gasteiger partial charge in [0.15, 0.2) is 5.65 Å². The standard InChI is InChI=1S/C14H19N3O/c1-10-7-8-15-14-13(10)16-12(17-14)6-5-11-4-2-3-9-18-11/h7-8,11H,2-6,9H2,1H3,(H,15,16,17). The van der Waals surface area contributed by atoms with Gasteiger partial charge in [0, 0.05) is 19.2 Å². The molecule has 4 nitrogen and oxygen atoms in total. The van der Waals surface area contributed by atoms with Crippen LogP contribution in [0.15, 0.2) is 12.3 Å². The molecule has 96 valence electrons. The zero-order valence-electron chi connectivity index (χ0n) is 10.8. The predicted molar refractivity (Wildman–Crippen MR) is 70.5 cm³/mol. The summed E-state index contributed by atoms with van der Waals surface area (Å²) < 4.78 is 5.74. The summed E-state index contributed by atoms with van der Waals surface area (Å²) in [5.41, 5.74) is 3.10. The minimum atomic E-state index is 0.418. The maximum atomic E-state index is 5.74. The summed E-state index contributed by atoms with van der Waals surface area (Å²) in [5.74, 6) is 1.03. The van der Waals surface area contributed by atoms with Crippen LogP contribution in [0.1, 0.15) is 37.1 Å². The average Bonchev–Trinajstić information content (AvgIpc) is 2.82. The van der Waals surface area contributed by atoms with Gasteiger partial charge in [0.25, 0.3) is 0 Å². The van der Waals surface area contributed by atoms with Gasteiger partial charge in [0.1, 0.15) is 5.82 Å². The number of hydrogen-bond acceptors (Lipinski definition) is 3. The first-order valence-corrected chi connectivity index (χ1v) is 6.75. The number of fused-ring (bicyclic) bond motifs is 1. The molecule has 1 N–H and O–H groups in total. The summed E-state index contributed by atoms with van der Waals surface area (Å²) in [6.07, 6.45) is 7.93. The normalized spacial score (nSPS) is 20.4. The van der Waals surface area contributed by atoms with Crippen LogP contribution in [-0.2, 0) is 11.2 Å². The van der Waals surface area contributed by atoms with E-state index >= 15 is 0 Å². The van der Waals surface area contributed by atoms with E-state index in [2.05, 4.69) is 21.9 Å². The molecule has 0 aromatic carbocycles. The molecule has 0 radical (unpaired) electrons. The summed E-state index contributed by atoms with van der Waals surface area (Å²) in [6.45, 7) is 3.00. The summed E-state index contributed by atoms with van der Waals surface area (Å²) in [7, 11) is 0. The first kappa shape index (κ1) is 11.7. The van der Waals surface area contributed by atoms with Crippen LogP contribution in [0.3, 0.4) is 0 Å². The summed E-state index contributed by atoms with van der Waals surface area (Å²) in [4.78, 5) is 12.2. The number of nitrogens with zero attached hydrogens (tertiary/aromatic N) is 2. The van der Waals surface area contributed by atoms with E-state index in [1.165, 1.54) is 24.8 Å². The molecule has 0 amide bonds. The van der Waals surface area contributed by atoms with Gasteiger partial charge in [-0.2, -0.15) is 0 Å². The highest BCUT2D eigenvalue weighted by atomic mass is 16.5. The maximum Gasteiger partial charge on any atom is 0.177 e. The second-order valence-corrected chi connectivity index (χ2v) is 5.04. The Labute approximate surface area is 107 Å². The van der Waals surface area contributed by atoms with Crippen LogP contribution in [0.4, 0.5) is 0 Å². The third-order valence-corrected chi connectivity index (χ3v) is 3.63. The van der Waals surface area contributed by atoms with Gasteiger partial charge in [-0.1, -0.05) is 0 Å². The van der Waals surface area contributed by atoms with Crippen molar-refractivity contribution in [2.45, 2.75) is 45.1 Å². The van der Waals surface area contributed by atoms with Gasteiger partial charge in [-0.15, -0.1) is 0 Å². The highest BCUT2D eigenvalue weighted by Crippen LogP contribution is 2.18. The number of rotatable bonds is 3. The highest BCUT2D eigenvalue weighted by Gasteiger charge is 2.14. The van der Waals surface area contributed by atoms with E-state index in [-0.39, 0.29) is 0 Å². The average molecular weight is 245 g/mol. The molecule has 1 fully saturated rings. The molecular formula is C14H19N3O.